The molecule has 0 saturated carbocycles. The second kappa shape index (κ2) is 5.56. The lowest BCUT2D eigenvalue weighted by molar-refractivity contribution is 0.0698. The zero-order valence-electron chi connectivity index (χ0n) is 12.5. The molecule has 0 saturated heterocycles. The molecule has 3 rings (SSSR count). The van der Waals surface area contributed by atoms with Gasteiger partial charge in [0, 0.05) is 12.4 Å². The van der Waals surface area contributed by atoms with Crippen LogP contribution in [0.4, 0.5) is 0 Å². The monoisotopic (exact) mass is 295 g/mol. The summed E-state index contributed by atoms with van der Waals surface area (Å²) in [7, 11) is 1.86. The van der Waals surface area contributed by atoms with Gasteiger partial charge in [0.05, 0.1) is 16.8 Å². The first-order chi connectivity index (χ1) is 10.6. The Morgan fingerprint density at radius 2 is 1.95 bits per heavy atom. The number of aryl methyl sites for hydroxylation is 2. The minimum absolute atomic E-state index is 0.307. The number of carboxylic acid groups (broad SMARTS) is 1. The van der Waals surface area contributed by atoms with E-state index in [-0.39, 0.29) is 0 Å². The Bertz CT molecular complexity index is 849. The van der Waals surface area contributed by atoms with Crippen LogP contribution in [0.25, 0.3) is 10.9 Å². The van der Waals surface area contributed by atoms with E-state index in [1.807, 2.05) is 54.9 Å². The molecule has 0 aliphatic carbocycles. The summed E-state index contributed by atoms with van der Waals surface area (Å²) in [4.78, 5) is 11.3. The Morgan fingerprint density at radius 3 is 2.68 bits per heavy atom. The van der Waals surface area contributed by atoms with Gasteiger partial charge in [-0.25, -0.2) is 4.79 Å². The first-order valence-electron chi connectivity index (χ1n) is 7.06. The summed E-state index contributed by atoms with van der Waals surface area (Å²) in [6, 6.07) is 15.1. The Hall–Kier alpha value is -2.75. The van der Waals surface area contributed by atoms with E-state index >= 15 is 0 Å². The van der Waals surface area contributed by atoms with Crippen LogP contribution in [0.15, 0.2) is 48.5 Å². The maximum atomic E-state index is 11.3. The number of carboxylic acids is 1. The maximum Gasteiger partial charge on any atom is 0.337 e. The van der Waals surface area contributed by atoms with Crippen molar-refractivity contribution in [3.05, 3.63) is 65.4 Å². The molecule has 0 bridgehead atoms. The molecular weight excluding hydrogens is 278 g/mol. The van der Waals surface area contributed by atoms with Crippen molar-refractivity contribution in [1.82, 2.24) is 4.57 Å². The number of carbonyl (C=O) groups is 1. The van der Waals surface area contributed by atoms with E-state index in [0.717, 1.165) is 27.9 Å². The molecule has 2 aromatic carbocycles. The van der Waals surface area contributed by atoms with Crippen LogP contribution >= 0.6 is 0 Å². The van der Waals surface area contributed by atoms with Gasteiger partial charge in [0.25, 0.3) is 0 Å². The molecule has 1 aromatic heterocycles. The minimum atomic E-state index is -0.919. The number of aromatic nitrogens is 1. The van der Waals surface area contributed by atoms with Gasteiger partial charge in [-0.1, -0.05) is 24.3 Å². The van der Waals surface area contributed by atoms with Crippen LogP contribution in [0.2, 0.25) is 0 Å². The number of fused-ring (bicyclic) bond motifs is 1. The van der Waals surface area contributed by atoms with Crippen LogP contribution in [-0.2, 0) is 13.7 Å². The molecular formula is C18H17NO3. The highest BCUT2D eigenvalue weighted by Crippen LogP contribution is 2.24. The van der Waals surface area contributed by atoms with E-state index in [2.05, 4.69) is 0 Å². The third-order valence-corrected chi connectivity index (χ3v) is 3.76. The summed E-state index contributed by atoms with van der Waals surface area (Å²) >= 11 is 0. The number of para-hydroxylation sites is 1. The number of rotatable bonds is 4. The first-order valence-corrected chi connectivity index (χ1v) is 7.06. The zero-order chi connectivity index (χ0) is 15.7. The van der Waals surface area contributed by atoms with Gasteiger partial charge in [-0.05, 0) is 36.8 Å². The van der Waals surface area contributed by atoms with Gasteiger partial charge in [0.1, 0.15) is 12.4 Å². The highest BCUT2D eigenvalue weighted by molar-refractivity contribution is 6.02. The van der Waals surface area contributed by atoms with Crippen molar-refractivity contribution < 1.29 is 14.6 Å². The number of ether oxygens (including phenoxy) is 1. The van der Waals surface area contributed by atoms with E-state index < -0.39 is 5.97 Å². The Balaban J connectivity index is 1.93. The lowest BCUT2D eigenvalue weighted by Gasteiger charge is -2.09. The van der Waals surface area contributed by atoms with Crippen molar-refractivity contribution in [3.8, 4) is 5.75 Å². The van der Waals surface area contributed by atoms with Crippen LogP contribution in [0, 0.1) is 6.92 Å². The summed E-state index contributed by atoms with van der Waals surface area (Å²) in [6.07, 6.45) is 0. The van der Waals surface area contributed by atoms with Gasteiger partial charge in [0.2, 0.25) is 0 Å². The predicted octanol–water partition coefficient (Wildman–Crippen LogP) is 3.76. The lowest BCUT2D eigenvalue weighted by atomic mass is 10.1. The molecule has 0 spiro atoms. The number of hydrogen-bond donors (Lipinski definition) is 1. The summed E-state index contributed by atoms with van der Waals surface area (Å²) in [5.74, 6) is -0.110. The number of hydrogen-bond acceptors (Lipinski definition) is 2. The average molecular weight is 295 g/mol. The predicted molar refractivity (Wildman–Crippen MR) is 85.4 cm³/mol. The Morgan fingerprint density at radius 1 is 1.18 bits per heavy atom. The smallest absolute Gasteiger partial charge is 0.337 e. The molecule has 4 nitrogen and oxygen atoms in total. The van der Waals surface area contributed by atoms with Crippen molar-refractivity contribution in [1.29, 1.82) is 0 Å². The van der Waals surface area contributed by atoms with Crippen LogP contribution < -0.4 is 4.74 Å². The molecule has 0 unspecified atom stereocenters. The zero-order valence-corrected chi connectivity index (χ0v) is 12.5. The second-order valence-corrected chi connectivity index (χ2v) is 5.35. The molecule has 0 aliphatic heterocycles. The fraction of sp³-hybridized carbons (Fsp3) is 0.167. The standard InChI is InChI=1S/C18H17NO3/c1-12-5-3-7-15(9-12)22-11-14-10-13-6-4-8-16(18(20)21)17(13)19(14)2/h3-10H,11H2,1-2H3,(H,20,21). The van der Waals surface area contributed by atoms with E-state index in [0.29, 0.717) is 12.2 Å². The topological polar surface area (TPSA) is 51.5 Å². The highest BCUT2D eigenvalue weighted by Gasteiger charge is 2.14. The molecule has 4 heteroatoms. The summed E-state index contributed by atoms with van der Waals surface area (Å²) in [5.41, 5.74) is 3.10. The van der Waals surface area contributed by atoms with E-state index in [4.69, 9.17) is 4.74 Å². The maximum absolute atomic E-state index is 11.3. The second-order valence-electron chi connectivity index (χ2n) is 5.35. The molecule has 0 fully saturated rings. The Kier molecular flexibility index (Phi) is 3.59. The van der Waals surface area contributed by atoms with Crippen LogP contribution in [-0.4, -0.2) is 15.6 Å². The van der Waals surface area contributed by atoms with Crippen molar-refractivity contribution in [2.24, 2.45) is 7.05 Å². The Labute approximate surface area is 128 Å². The third kappa shape index (κ3) is 2.55. The lowest BCUT2D eigenvalue weighted by Crippen LogP contribution is -2.05. The summed E-state index contributed by atoms with van der Waals surface area (Å²) < 4.78 is 7.70. The van der Waals surface area contributed by atoms with Crippen LogP contribution in [0.3, 0.4) is 0 Å². The highest BCUT2D eigenvalue weighted by atomic mass is 16.5. The van der Waals surface area contributed by atoms with Crippen molar-refractivity contribution in [3.63, 3.8) is 0 Å². The molecule has 0 aliphatic rings. The summed E-state index contributed by atoms with van der Waals surface area (Å²) in [6.45, 7) is 2.41. The molecule has 22 heavy (non-hydrogen) atoms. The summed E-state index contributed by atoms with van der Waals surface area (Å²) in [5, 5.41) is 10.2. The van der Waals surface area contributed by atoms with Crippen molar-refractivity contribution in [2.45, 2.75) is 13.5 Å². The van der Waals surface area contributed by atoms with E-state index in [9.17, 15) is 9.90 Å². The van der Waals surface area contributed by atoms with Crippen molar-refractivity contribution >= 4 is 16.9 Å². The SMILES string of the molecule is Cc1cccc(OCc2cc3cccc(C(=O)O)c3n2C)c1. The molecule has 0 radical (unpaired) electrons. The minimum Gasteiger partial charge on any atom is -0.487 e. The largest absolute Gasteiger partial charge is 0.487 e. The van der Waals surface area contributed by atoms with Gasteiger partial charge in [0.15, 0.2) is 0 Å². The third-order valence-electron chi connectivity index (χ3n) is 3.76. The fourth-order valence-electron chi connectivity index (χ4n) is 2.65. The molecule has 1 N–H and O–H groups in total. The van der Waals surface area contributed by atoms with Gasteiger partial charge >= 0.3 is 5.97 Å². The van der Waals surface area contributed by atoms with Gasteiger partial charge in [-0.2, -0.15) is 0 Å². The van der Waals surface area contributed by atoms with Gasteiger partial charge in [-0.15, -0.1) is 0 Å². The van der Waals surface area contributed by atoms with Crippen molar-refractivity contribution in [2.75, 3.05) is 0 Å². The van der Waals surface area contributed by atoms with Crippen LogP contribution in [0.1, 0.15) is 21.6 Å². The average Bonchev–Trinajstić information content (AvgIpc) is 2.82. The molecule has 0 atom stereocenters. The molecule has 3 aromatic rings. The molecule has 0 amide bonds. The number of aromatic carboxylic acids is 1. The molecule has 112 valence electrons. The fourth-order valence-corrected chi connectivity index (χ4v) is 2.65. The van der Waals surface area contributed by atoms with Gasteiger partial charge < -0.3 is 14.4 Å². The van der Waals surface area contributed by atoms with E-state index in [1.54, 1.807) is 12.1 Å². The number of benzene rings is 2. The number of nitrogens with zero attached hydrogens (tertiary/aromatic N) is 1. The van der Waals surface area contributed by atoms with Gasteiger partial charge in [-0.3, -0.25) is 0 Å². The normalized spacial score (nSPS) is 10.8. The quantitative estimate of drug-likeness (QED) is 0.797. The van der Waals surface area contributed by atoms with E-state index in [1.165, 1.54) is 0 Å². The molecule has 1 heterocycles. The first kappa shape index (κ1) is 14.2. The van der Waals surface area contributed by atoms with Crippen LogP contribution in [0.5, 0.6) is 5.75 Å².